The van der Waals surface area contributed by atoms with Crippen LogP contribution in [-0.4, -0.2) is 65.6 Å². The second kappa shape index (κ2) is 15.8. The van der Waals surface area contributed by atoms with E-state index >= 15 is 4.79 Å². The largest absolute Gasteiger partial charge is 0.497 e. The van der Waals surface area contributed by atoms with Crippen LogP contribution in [0, 0.1) is 5.92 Å². The molecular weight excluding hydrogens is 747 g/mol. The summed E-state index contributed by atoms with van der Waals surface area (Å²) in [5, 5.41) is 20.5. The molecule has 4 aromatic carbocycles. The highest BCUT2D eigenvalue weighted by atomic mass is 28.3. The van der Waals surface area contributed by atoms with Gasteiger partial charge in [0, 0.05) is 36.1 Å². The van der Waals surface area contributed by atoms with Crippen LogP contribution in [0.4, 0.5) is 5.69 Å². The first-order valence-corrected chi connectivity index (χ1v) is 22.8. The van der Waals surface area contributed by atoms with Crippen molar-refractivity contribution >= 4 is 24.9 Å². The number of hydrogen-bond donors (Lipinski definition) is 1. The summed E-state index contributed by atoms with van der Waals surface area (Å²) < 4.78 is 21.5. The number of nitrogens with zero attached hydrogens (tertiary/aromatic N) is 5. The number of pyridine rings is 1. The monoisotopic (exact) mass is 795 g/mol. The second-order valence-corrected chi connectivity index (χ2v) is 20.5. The fourth-order valence-electron chi connectivity index (χ4n) is 9.37. The predicted molar refractivity (Wildman–Crippen MR) is 226 cm³/mol. The van der Waals surface area contributed by atoms with Crippen molar-refractivity contribution < 1.29 is 24.1 Å². The third-order valence-electron chi connectivity index (χ3n) is 12.4. The van der Waals surface area contributed by atoms with Gasteiger partial charge in [-0.3, -0.25) is 18.8 Å². The van der Waals surface area contributed by atoms with E-state index in [9.17, 15) is 9.90 Å². The molecule has 6 aromatic rings. The number of methoxy groups -OCH3 is 2. The lowest BCUT2D eigenvalue weighted by molar-refractivity contribution is -0.146. The third-order valence-corrected chi connectivity index (χ3v) is 16.7. The van der Waals surface area contributed by atoms with Gasteiger partial charge in [0.25, 0.3) is 11.5 Å². The molecule has 1 fully saturated rings. The molecule has 1 unspecified atom stereocenters. The van der Waals surface area contributed by atoms with Gasteiger partial charge in [0.1, 0.15) is 5.75 Å². The molecule has 58 heavy (non-hydrogen) atoms. The molecule has 4 heterocycles. The first-order valence-electron chi connectivity index (χ1n) is 19.7. The summed E-state index contributed by atoms with van der Waals surface area (Å²) in [5.41, 5.74) is 3.64. The summed E-state index contributed by atoms with van der Waals surface area (Å²) in [6.07, 6.45) is 3.97. The van der Waals surface area contributed by atoms with Crippen LogP contribution in [0.2, 0.25) is 18.6 Å². The number of aryl methyl sites for hydroxylation is 1. The van der Waals surface area contributed by atoms with Gasteiger partial charge in [-0.1, -0.05) is 103 Å². The highest BCUT2D eigenvalue weighted by Gasteiger charge is 2.66. The Labute approximate surface area is 339 Å². The Bertz CT molecular complexity index is 2450. The topological polar surface area (TPSA) is 121 Å². The van der Waals surface area contributed by atoms with E-state index in [4.69, 9.17) is 14.2 Å². The number of anilines is 1. The molecule has 1 saturated heterocycles. The van der Waals surface area contributed by atoms with Gasteiger partial charge in [-0.25, -0.2) is 0 Å². The van der Waals surface area contributed by atoms with Crippen LogP contribution < -0.4 is 25.1 Å². The van der Waals surface area contributed by atoms with Crippen molar-refractivity contribution in [1.82, 2.24) is 19.6 Å². The molecule has 2 aliphatic rings. The van der Waals surface area contributed by atoms with Gasteiger partial charge >= 0.3 is 0 Å². The molecule has 5 atom stereocenters. The van der Waals surface area contributed by atoms with Crippen molar-refractivity contribution in [2.45, 2.75) is 62.7 Å². The summed E-state index contributed by atoms with van der Waals surface area (Å²) in [7, 11) is 0.791. The SMILES string of the molecule is COc1ccc([Si](C)(C)[C@@H]2[C@@H](CCn3cc(C(CO)c4ccccc4)nn3)O[C@]3(C(=O)N(Cc4ccc(-n5cccc(OC)c5=O)cc4)c4ccccc43)[C@H]2C)cc1. The van der Waals surface area contributed by atoms with E-state index in [0.717, 1.165) is 28.1 Å². The fourth-order valence-corrected chi connectivity index (χ4v) is 13.4. The molecular formula is C46H49N5O6Si. The normalized spacial score (nSPS) is 20.7. The molecule has 0 saturated carbocycles. The number of carbonyl (C=O) groups is 1. The zero-order valence-electron chi connectivity index (χ0n) is 33.5. The summed E-state index contributed by atoms with van der Waals surface area (Å²) in [6, 6.07) is 37.3. The Morgan fingerprint density at radius 1 is 0.879 bits per heavy atom. The highest BCUT2D eigenvalue weighted by Crippen LogP contribution is 2.60. The van der Waals surface area contributed by atoms with E-state index < -0.39 is 13.7 Å². The van der Waals surface area contributed by atoms with Crippen LogP contribution in [0.5, 0.6) is 11.5 Å². The molecule has 11 nitrogen and oxygen atoms in total. The molecule has 1 amide bonds. The smallest absolute Gasteiger partial charge is 0.297 e. The molecule has 0 aliphatic carbocycles. The van der Waals surface area contributed by atoms with Crippen LogP contribution in [0.1, 0.15) is 41.6 Å². The van der Waals surface area contributed by atoms with E-state index in [2.05, 4.69) is 42.5 Å². The maximum absolute atomic E-state index is 15.3. The Morgan fingerprint density at radius 3 is 2.31 bits per heavy atom. The first-order chi connectivity index (χ1) is 28.1. The Kier molecular flexibility index (Phi) is 10.7. The number of aromatic nitrogens is 4. The number of rotatable bonds is 13. The van der Waals surface area contributed by atoms with Crippen molar-refractivity contribution in [2.24, 2.45) is 5.92 Å². The molecule has 0 radical (unpaired) electrons. The van der Waals surface area contributed by atoms with Crippen LogP contribution in [0.3, 0.4) is 0 Å². The molecule has 8 rings (SSSR count). The molecule has 1 spiro atoms. The lowest BCUT2D eigenvalue weighted by Gasteiger charge is -2.37. The van der Waals surface area contributed by atoms with Gasteiger partial charge in [-0.05, 0) is 65.6 Å². The number of aliphatic hydroxyl groups is 1. The summed E-state index contributed by atoms with van der Waals surface area (Å²) in [4.78, 5) is 30.1. The van der Waals surface area contributed by atoms with Crippen molar-refractivity contribution in [3.63, 3.8) is 0 Å². The minimum Gasteiger partial charge on any atom is -0.497 e. The molecule has 0 bridgehead atoms. The number of para-hydroxylation sites is 1. The van der Waals surface area contributed by atoms with Crippen LogP contribution in [-0.2, 0) is 28.2 Å². The number of aliphatic hydroxyl groups excluding tert-OH is 1. The maximum Gasteiger partial charge on any atom is 0.297 e. The minimum atomic E-state index is -2.37. The lowest BCUT2D eigenvalue weighted by atomic mass is 9.82. The highest BCUT2D eigenvalue weighted by molar-refractivity contribution is 6.91. The number of amides is 1. The Balaban J connectivity index is 1.12. The number of carbonyl (C=O) groups excluding carboxylic acids is 1. The van der Waals surface area contributed by atoms with Crippen LogP contribution in [0.15, 0.2) is 132 Å². The predicted octanol–water partition coefficient (Wildman–Crippen LogP) is 6.42. The molecule has 1 N–H and O–H groups in total. The number of ether oxygens (including phenoxy) is 3. The fraction of sp³-hybridized carbons (Fsp3) is 0.304. The minimum absolute atomic E-state index is 0.0517. The van der Waals surface area contributed by atoms with Gasteiger partial charge in [0.2, 0.25) is 0 Å². The van der Waals surface area contributed by atoms with E-state index in [1.165, 1.54) is 12.3 Å². The van der Waals surface area contributed by atoms with Gasteiger partial charge in [0.05, 0.1) is 58.8 Å². The average molecular weight is 796 g/mol. The van der Waals surface area contributed by atoms with E-state index in [-0.39, 0.29) is 47.3 Å². The zero-order valence-corrected chi connectivity index (χ0v) is 34.5. The third kappa shape index (κ3) is 6.74. The van der Waals surface area contributed by atoms with Crippen molar-refractivity contribution in [3.8, 4) is 17.2 Å². The van der Waals surface area contributed by atoms with Crippen molar-refractivity contribution in [1.29, 1.82) is 0 Å². The molecule has 2 aromatic heterocycles. The molecule has 298 valence electrons. The first kappa shape index (κ1) is 39.0. The van der Waals surface area contributed by atoms with Gasteiger partial charge in [0.15, 0.2) is 11.4 Å². The number of benzene rings is 4. The average Bonchev–Trinajstić information content (AvgIpc) is 3.91. The molecule has 2 aliphatic heterocycles. The van der Waals surface area contributed by atoms with Gasteiger partial charge in [-0.2, -0.15) is 0 Å². The van der Waals surface area contributed by atoms with E-state index in [0.29, 0.717) is 30.9 Å². The quantitative estimate of drug-likeness (QED) is 0.133. The standard InChI is InChI=1S/C46H49N5O6Si/c1-31-43(58(4,5)36-23-21-35(55-2)22-24-36)41(25-27-49-29-39(47-48-49)37(30-52)33-12-7-6-8-13-33)57-46(31)38-14-9-10-15-40(38)51(45(46)54)28-32-17-19-34(20-18-32)50-26-11-16-42(56-3)44(50)53/h6-24,26,29,31,37,41,43,52H,25,27-28,30H2,1-5H3/t31-,37?,41+,43-,46+/m0/s1. The van der Waals surface area contributed by atoms with E-state index in [1.807, 2.05) is 107 Å². The maximum atomic E-state index is 15.3. The number of hydrogen-bond acceptors (Lipinski definition) is 8. The zero-order chi connectivity index (χ0) is 40.6. The summed E-state index contributed by atoms with van der Waals surface area (Å²) in [5.74, 6) is 0.550. The van der Waals surface area contributed by atoms with Crippen molar-refractivity contribution in [3.05, 3.63) is 160 Å². The summed E-state index contributed by atoms with van der Waals surface area (Å²) in [6.45, 7) is 7.74. The van der Waals surface area contributed by atoms with Gasteiger partial charge in [-0.15, -0.1) is 5.10 Å². The lowest BCUT2D eigenvalue weighted by Crippen LogP contribution is -2.51. The molecule has 12 heteroatoms. The van der Waals surface area contributed by atoms with E-state index in [1.54, 1.807) is 30.0 Å². The van der Waals surface area contributed by atoms with Crippen molar-refractivity contribution in [2.75, 3.05) is 25.7 Å². The van der Waals surface area contributed by atoms with Gasteiger partial charge < -0.3 is 24.2 Å². The second-order valence-electron chi connectivity index (χ2n) is 15.8. The number of fused-ring (bicyclic) bond motifs is 2. The summed E-state index contributed by atoms with van der Waals surface area (Å²) >= 11 is 0. The van der Waals surface area contributed by atoms with Crippen LogP contribution in [0.25, 0.3) is 5.69 Å². The van der Waals surface area contributed by atoms with Crippen LogP contribution >= 0.6 is 0 Å². The Hall–Kier alpha value is -5.82. The Morgan fingerprint density at radius 2 is 1.60 bits per heavy atom.